The molecule has 1 amide bonds. The molecular weight excluding hydrogens is 396 g/mol. The van der Waals surface area contributed by atoms with Crippen molar-refractivity contribution in [1.29, 1.82) is 0 Å². The van der Waals surface area contributed by atoms with E-state index >= 15 is 0 Å². The fourth-order valence-corrected chi connectivity index (χ4v) is 4.77. The largest absolute Gasteiger partial charge is 0.483 e. The molecule has 8 heteroatoms. The number of piperidine rings is 1. The predicted octanol–water partition coefficient (Wildman–Crippen LogP) is 2.42. The van der Waals surface area contributed by atoms with E-state index in [0.29, 0.717) is 24.9 Å². The molecule has 0 spiro atoms. The zero-order chi connectivity index (χ0) is 21.8. The summed E-state index contributed by atoms with van der Waals surface area (Å²) in [6, 6.07) is 6.16. The van der Waals surface area contributed by atoms with Gasteiger partial charge in [0.1, 0.15) is 11.4 Å². The van der Waals surface area contributed by atoms with E-state index in [4.69, 9.17) is 9.47 Å². The van der Waals surface area contributed by atoms with E-state index in [1.165, 1.54) is 4.68 Å². The SMILES string of the molecule is Cn1nc(C2CCN(C(=O)COc3cccc4c3OC(C)(C)C4)CC2)n(C2CC2)c1=O. The third kappa shape index (κ3) is 3.83. The third-order valence-corrected chi connectivity index (χ3v) is 6.51. The van der Waals surface area contributed by atoms with Gasteiger partial charge in [0.15, 0.2) is 18.1 Å². The molecule has 166 valence electrons. The second-order valence-electron chi connectivity index (χ2n) is 9.59. The molecule has 2 fully saturated rings. The van der Waals surface area contributed by atoms with Gasteiger partial charge >= 0.3 is 5.69 Å². The van der Waals surface area contributed by atoms with Gasteiger partial charge in [-0.05, 0) is 45.6 Å². The van der Waals surface area contributed by atoms with Crippen LogP contribution in [0.5, 0.6) is 11.5 Å². The molecule has 1 aromatic heterocycles. The van der Waals surface area contributed by atoms with Crippen LogP contribution in [0.2, 0.25) is 0 Å². The van der Waals surface area contributed by atoms with Crippen LogP contribution in [0.4, 0.5) is 0 Å². The minimum absolute atomic E-state index is 0.00127. The van der Waals surface area contributed by atoms with Crippen molar-refractivity contribution in [3.63, 3.8) is 0 Å². The van der Waals surface area contributed by atoms with Crippen LogP contribution >= 0.6 is 0 Å². The highest BCUT2D eigenvalue weighted by molar-refractivity contribution is 5.78. The molecule has 3 aliphatic rings. The van der Waals surface area contributed by atoms with E-state index in [1.54, 1.807) is 7.05 Å². The Morgan fingerprint density at radius 3 is 2.68 bits per heavy atom. The van der Waals surface area contributed by atoms with Crippen LogP contribution in [-0.2, 0) is 18.3 Å². The summed E-state index contributed by atoms with van der Waals surface area (Å²) in [5.41, 5.74) is 0.846. The Morgan fingerprint density at radius 1 is 1.23 bits per heavy atom. The molecule has 5 rings (SSSR count). The average Bonchev–Trinajstić information content (AvgIpc) is 3.46. The van der Waals surface area contributed by atoms with E-state index < -0.39 is 0 Å². The topological polar surface area (TPSA) is 78.6 Å². The first-order valence-corrected chi connectivity index (χ1v) is 11.2. The van der Waals surface area contributed by atoms with Gasteiger partial charge in [0, 0.05) is 44.1 Å². The average molecular weight is 427 g/mol. The number of aromatic nitrogens is 3. The van der Waals surface area contributed by atoms with Gasteiger partial charge in [-0.3, -0.25) is 9.36 Å². The van der Waals surface area contributed by atoms with Crippen LogP contribution < -0.4 is 15.2 Å². The van der Waals surface area contributed by atoms with Gasteiger partial charge in [-0.15, -0.1) is 0 Å². The predicted molar refractivity (Wildman–Crippen MR) is 115 cm³/mol. The van der Waals surface area contributed by atoms with Gasteiger partial charge in [0.2, 0.25) is 0 Å². The highest BCUT2D eigenvalue weighted by Crippen LogP contribution is 2.42. The molecule has 2 aromatic rings. The van der Waals surface area contributed by atoms with Gasteiger partial charge in [0.05, 0.1) is 0 Å². The van der Waals surface area contributed by atoms with Gasteiger partial charge in [0.25, 0.3) is 5.91 Å². The van der Waals surface area contributed by atoms with Gasteiger partial charge in [-0.2, -0.15) is 5.10 Å². The monoisotopic (exact) mass is 426 g/mol. The van der Waals surface area contributed by atoms with Crippen LogP contribution in [0.25, 0.3) is 0 Å². The highest BCUT2D eigenvalue weighted by Gasteiger charge is 2.35. The number of hydrogen-bond donors (Lipinski definition) is 0. The Balaban J connectivity index is 1.19. The Hall–Kier alpha value is -2.77. The maximum absolute atomic E-state index is 12.8. The fraction of sp³-hybridized carbons (Fsp3) is 0.609. The molecular formula is C23H30N4O4. The van der Waals surface area contributed by atoms with Crippen molar-refractivity contribution in [2.75, 3.05) is 19.7 Å². The minimum atomic E-state index is -0.250. The van der Waals surface area contributed by atoms with E-state index in [1.807, 2.05) is 27.7 Å². The molecule has 1 saturated carbocycles. The van der Waals surface area contributed by atoms with E-state index in [0.717, 1.165) is 49.2 Å². The van der Waals surface area contributed by atoms with Crippen molar-refractivity contribution < 1.29 is 14.3 Å². The number of ether oxygens (including phenoxy) is 2. The highest BCUT2D eigenvalue weighted by atomic mass is 16.5. The summed E-state index contributed by atoms with van der Waals surface area (Å²) >= 11 is 0. The summed E-state index contributed by atoms with van der Waals surface area (Å²) < 4.78 is 15.2. The summed E-state index contributed by atoms with van der Waals surface area (Å²) in [7, 11) is 1.71. The van der Waals surface area contributed by atoms with Crippen molar-refractivity contribution in [1.82, 2.24) is 19.2 Å². The smallest absolute Gasteiger partial charge is 0.345 e. The first-order valence-electron chi connectivity index (χ1n) is 11.2. The molecule has 1 aliphatic carbocycles. The zero-order valence-corrected chi connectivity index (χ0v) is 18.5. The normalized spacial score (nSPS) is 20.4. The summed E-state index contributed by atoms with van der Waals surface area (Å²) in [5.74, 6) is 2.47. The maximum Gasteiger partial charge on any atom is 0.345 e. The lowest BCUT2D eigenvalue weighted by Crippen LogP contribution is -2.41. The Labute approximate surface area is 181 Å². The number of fused-ring (bicyclic) bond motifs is 1. The number of aryl methyl sites for hydroxylation is 1. The quantitative estimate of drug-likeness (QED) is 0.734. The maximum atomic E-state index is 12.8. The molecule has 2 aliphatic heterocycles. The lowest BCUT2D eigenvalue weighted by molar-refractivity contribution is -0.134. The number of benzene rings is 1. The second kappa shape index (κ2) is 7.43. The van der Waals surface area contributed by atoms with Crippen molar-refractivity contribution in [3.8, 4) is 11.5 Å². The number of amides is 1. The van der Waals surface area contributed by atoms with Crippen molar-refractivity contribution in [2.24, 2.45) is 7.05 Å². The van der Waals surface area contributed by atoms with Gasteiger partial charge in [-0.1, -0.05) is 12.1 Å². The summed E-state index contributed by atoms with van der Waals surface area (Å²) in [4.78, 5) is 27.0. The number of likely N-dealkylation sites (tertiary alicyclic amines) is 1. The van der Waals surface area contributed by atoms with Crippen LogP contribution in [-0.4, -0.2) is 50.5 Å². The molecule has 0 atom stereocenters. The lowest BCUT2D eigenvalue weighted by Gasteiger charge is -2.31. The van der Waals surface area contributed by atoms with Crippen LogP contribution in [0.3, 0.4) is 0 Å². The number of carbonyl (C=O) groups is 1. The van der Waals surface area contributed by atoms with Crippen LogP contribution in [0, 0.1) is 0 Å². The first-order chi connectivity index (χ1) is 14.8. The van der Waals surface area contributed by atoms with E-state index in [2.05, 4.69) is 18.9 Å². The van der Waals surface area contributed by atoms with Crippen molar-refractivity contribution >= 4 is 5.91 Å². The number of para-hydroxylation sites is 1. The van der Waals surface area contributed by atoms with Gasteiger partial charge in [-0.25, -0.2) is 9.48 Å². The number of hydrogen-bond acceptors (Lipinski definition) is 5. The summed E-state index contributed by atoms with van der Waals surface area (Å²) in [5, 5.41) is 4.51. The number of nitrogens with zero attached hydrogens (tertiary/aromatic N) is 4. The number of rotatable bonds is 5. The Kier molecular flexibility index (Phi) is 4.83. The Bertz CT molecular complexity index is 1060. The second-order valence-corrected chi connectivity index (χ2v) is 9.59. The zero-order valence-electron chi connectivity index (χ0n) is 18.5. The molecule has 1 saturated heterocycles. The van der Waals surface area contributed by atoms with Gasteiger partial charge < -0.3 is 14.4 Å². The molecule has 0 bridgehead atoms. The molecule has 0 unspecified atom stereocenters. The summed E-state index contributed by atoms with van der Waals surface area (Å²) in [6.07, 6.45) is 4.56. The fourth-order valence-electron chi connectivity index (χ4n) is 4.77. The van der Waals surface area contributed by atoms with Crippen LogP contribution in [0.1, 0.15) is 62.9 Å². The standard InChI is InChI=1S/C23H30N4O4/c1-23(2)13-16-5-4-6-18(20(16)31-23)30-14-19(28)26-11-9-15(10-12-26)21-24-25(3)22(29)27(21)17-7-8-17/h4-6,15,17H,7-14H2,1-3H3. The first kappa shape index (κ1) is 20.2. The molecule has 0 radical (unpaired) electrons. The molecule has 8 nitrogen and oxygen atoms in total. The van der Waals surface area contributed by atoms with Crippen molar-refractivity contribution in [2.45, 2.75) is 63.5 Å². The summed E-state index contributed by atoms with van der Waals surface area (Å²) in [6.45, 7) is 5.41. The number of carbonyl (C=O) groups excluding carboxylic acids is 1. The van der Waals surface area contributed by atoms with E-state index in [9.17, 15) is 9.59 Å². The third-order valence-electron chi connectivity index (χ3n) is 6.51. The molecule has 3 heterocycles. The molecule has 31 heavy (non-hydrogen) atoms. The van der Waals surface area contributed by atoms with E-state index in [-0.39, 0.29) is 29.7 Å². The van der Waals surface area contributed by atoms with Crippen LogP contribution in [0.15, 0.2) is 23.0 Å². The minimum Gasteiger partial charge on any atom is -0.483 e. The molecule has 0 N–H and O–H groups in total. The Morgan fingerprint density at radius 2 is 1.97 bits per heavy atom. The van der Waals surface area contributed by atoms with Crippen molar-refractivity contribution in [3.05, 3.63) is 40.1 Å². The lowest BCUT2D eigenvalue weighted by atomic mass is 9.96. The molecule has 1 aromatic carbocycles.